The van der Waals surface area contributed by atoms with Crippen LogP contribution in [0.5, 0.6) is 11.5 Å². The van der Waals surface area contributed by atoms with E-state index in [1.807, 2.05) is 25.1 Å². The molecule has 0 radical (unpaired) electrons. The number of carbonyl (C=O) groups excluding carboxylic acids is 2. The Labute approximate surface area is 218 Å². The molecule has 184 valence electrons. The molecule has 0 fully saturated rings. The highest BCUT2D eigenvalue weighted by atomic mass is 79.9. The minimum absolute atomic E-state index is 0.215. The Morgan fingerprint density at radius 3 is 2.56 bits per heavy atom. The minimum atomic E-state index is -0.958. The Hall–Kier alpha value is -4.16. The monoisotopic (exact) mass is 548 g/mol. The molecule has 0 aromatic heterocycles. The van der Waals surface area contributed by atoms with Crippen molar-refractivity contribution >= 4 is 39.6 Å². The average Bonchev–Trinajstić information content (AvgIpc) is 2.89. The summed E-state index contributed by atoms with van der Waals surface area (Å²) in [5, 5.41) is 15.9. The molecule has 0 bridgehead atoms. The number of halogens is 1. The standard InChI is InChI=1S/C27H25BrN4O4/c1-3-35-25-14-19(12-13-24(25)36-17-21-9-5-4-8-20(21)15-29)16-30-32-27(34)18(2)26(33)31-23-11-7-6-10-22(23)28/h4-14,16,18H,3,17H2,1-2H3,(H,31,33)(H,32,34). The Balaban J connectivity index is 1.61. The number of hydrogen-bond acceptors (Lipinski definition) is 6. The molecule has 1 atom stereocenters. The van der Waals surface area contributed by atoms with Crippen molar-refractivity contribution in [1.29, 1.82) is 5.26 Å². The van der Waals surface area contributed by atoms with Gasteiger partial charge in [0.15, 0.2) is 11.5 Å². The van der Waals surface area contributed by atoms with Crippen molar-refractivity contribution in [3.05, 3.63) is 87.9 Å². The van der Waals surface area contributed by atoms with Crippen molar-refractivity contribution in [2.24, 2.45) is 11.0 Å². The van der Waals surface area contributed by atoms with Gasteiger partial charge in [0.2, 0.25) is 5.91 Å². The van der Waals surface area contributed by atoms with Gasteiger partial charge in [-0.1, -0.05) is 30.3 Å². The van der Waals surface area contributed by atoms with E-state index in [-0.39, 0.29) is 6.61 Å². The molecule has 9 heteroatoms. The minimum Gasteiger partial charge on any atom is -0.490 e. The first-order valence-electron chi connectivity index (χ1n) is 11.2. The zero-order chi connectivity index (χ0) is 25.9. The first-order valence-corrected chi connectivity index (χ1v) is 12.0. The van der Waals surface area contributed by atoms with E-state index in [0.717, 1.165) is 10.0 Å². The molecule has 8 nitrogen and oxygen atoms in total. The van der Waals surface area contributed by atoms with E-state index < -0.39 is 17.7 Å². The van der Waals surface area contributed by atoms with Crippen LogP contribution in [-0.4, -0.2) is 24.6 Å². The molecule has 3 aromatic rings. The summed E-state index contributed by atoms with van der Waals surface area (Å²) in [5.41, 5.74) is 4.95. The second-order valence-electron chi connectivity index (χ2n) is 7.62. The molecule has 0 saturated heterocycles. The van der Waals surface area contributed by atoms with Crippen molar-refractivity contribution in [2.75, 3.05) is 11.9 Å². The summed E-state index contributed by atoms with van der Waals surface area (Å²) >= 11 is 3.36. The number of nitrogens with zero attached hydrogens (tertiary/aromatic N) is 2. The van der Waals surface area contributed by atoms with Gasteiger partial charge in [0.25, 0.3) is 5.91 Å². The molecule has 0 aliphatic rings. The normalized spacial score (nSPS) is 11.4. The number of amides is 2. The molecule has 2 N–H and O–H groups in total. The second kappa shape index (κ2) is 13.1. The van der Waals surface area contributed by atoms with E-state index in [2.05, 4.69) is 37.8 Å². The van der Waals surface area contributed by atoms with Crippen molar-refractivity contribution in [1.82, 2.24) is 5.43 Å². The maximum Gasteiger partial charge on any atom is 0.252 e. The highest BCUT2D eigenvalue weighted by Gasteiger charge is 2.21. The summed E-state index contributed by atoms with van der Waals surface area (Å²) in [5.74, 6) is -0.934. The van der Waals surface area contributed by atoms with Crippen LogP contribution in [0.3, 0.4) is 0 Å². The van der Waals surface area contributed by atoms with E-state index in [0.29, 0.717) is 34.9 Å². The number of para-hydroxylation sites is 1. The molecule has 0 aliphatic carbocycles. The number of benzene rings is 3. The Morgan fingerprint density at radius 1 is 1.06 bits per heavy atom. The van der Waals surface area contributed by atoms with Gasteiger partial charge < -0.3 is 14.8 Å². The summed E-state index contributed by atoms with van der Waals surface area (Å²) < 4.78 is 12.3. The SMILES string of the molecule is CCOc1cc(C=NNC(=O)C(C)C(=O)Nc2ccccc2Br)ccc1OCc1ccccc1C#N. The highest BCUT2D eigenvalue weighted by Crippen LogP contribution is 2.29. The quantitative estimate of drug-likeness (QED) is 0.210. The number of ether oxygens (including phenoxy) is 2. The first-order chi connectivity index (χ1) is 17.4. The molecule has 1 unspecified atom stereocenters. The van der Waals surface area contributed by atoms with Crippen LogP contribution in [-0.2, 0) is 16.2 Å². The third-order valence-electron chi connectivity index (χ3n) is 5.10. The number of hydrazone groups is 1. The highest BCUT2D eigenvalue weighted by molar-refractivity contribution is 9.10. The van der Waals surface area contributed by atoms with Crippen molar-refractivity contribution in [3.63, 3.8) is 0 Å². The Morgan fingerprint density at radius 2 is 1.81 bits per heavy atom. The van der Waals surface area contributed by atoms with Crippen LogP contribution in [0, 0.1) is 17.2 Å². The Bertz CT molecular complexity index is 1300. The van der Waals surface area contributed by atoms with Crippen LogP contribution in [0.2, 0.25) is 0 Å². The van der Waals surface area contributed by atoms with Gasteiger partial charge in [-0.05, 0) is 71.7 Å². The largest absolute Gasteiger partial charge is 0.490 e. The van der Waals surface area contributed by atoms with Crippen LogP contribution in [0.1, 0.15) is 30.5 Å². The van der Waals surface area contributed by atoms with Gasteiger partial charge in [-0.2, -0.15) is 10.4 Å². The fourth-order valence-corrected chi connectivity index (χ4v) is 3.48. The zero-order valence-electron chi connectivity index (χ0n) is 19.8. The molecular formula is C27H25BrN4O4. The molecule has 0 saturated carbocycles. The Kier molecular flexibility index (Phi) is 9.60. The fourth-order valence-electron chi connectivity index (χ4n) is 3.09. The maximum atomic E-state index is 12.4. The van der Waals surface area contributed by atoms with E-state index in [1.54, 1.807) is 48.5 Å². The van der Waals surface area contributed by atoms with Gasteiger partial charge in [-0.15, -0.1) is 0 Å². The summed E-state index contributed by atoms with van der Waals surface area (Å²) in [7, 11) is 0. The maximum absolute atomic E-state index is 12.4. The lowest BCUT2D eigenvalue weighted by molar-refractivity contribution is -0.131. The lowest BCUT2D eigenvalue weighted by atomic mass is 10.1. The third-order valence-corrected chi connectivity index (χ3v) is 5.79. The van der Waals surface area contributed by atoms with E-state index >= 15 is 0 Å². The molecular weight excluding hydrogens is 524 g/mol. The number of nitriles is 1. The lowest BCUT2D eigenvalue weighted by Crippen LogP contribution is -2.34. The number of hydrogen-bond donors (Lipinski definition) is 2. The summed E-state index contributed by atoms with van der Waals surface area (Å²) in [4.78, 5) is 24.8. The molecule has 3 aromatic carbocycles. The van der Waals surface area contributed by atoms with Gasteiger partial charge in [0, 0.05) is 10.0 Å². The lowest BCUT2D eigenvalue weighted by Gasteiger charge is -2.13. The van der Waals surface area contributed by atoms with Crippen LogP contribution in [0.4, 0.5) is 5.69 Å². The van der Waals surface area contributed by atoms with Crippen LogP contribution >= 0.6 is 15.9 Å². The number of nitrogens with one attached hydrogen (secondary N) is 2. The topological polar surface area (TPSA) is 113 Å². The molecule has 3 rings (SSSR count). The zero-order valence-corrected chi connectivity index (χ0v) is 21.4. The molecule has 2 amide bonds. The van der Waals surface area contributed by atoms with Gasteiger partial charge in [-0.3, -0.25) is 9.59 Å². The molecule has 36 heavy (non-hydrogen) atoms. The predicted molar refractivity (Wildman–Crippen MR) is 141 cm³/mol. The van der Waals surface area contributed by atoms with Crippen molar-refractivity contribution in [3.8, 4) is 17.6 Å². The van der Waals surface area contributed by atoms with E-state index in [4.69, 9.17) is 9.47 Å². The van der Waals surface area contributed by atoms with Gasteiger partial charge in [0.05, 0.1) is 30.1 Å². The summed E-state index contributed by atoms with van der Waals surface area (Å²) in [6, 6.07) is 21.7. The second-order valence-corrected chi connectivity index (χ2v) is 8.48. The average molecular weight is 549 g/mol. The van der Waals surface area contributed by atoms with Crippen LogP contribution in [0.25, 0.3) is 0 Å². The fraction of sp³-hybridized carbons (Fsp3) is 0.185. The van der Waals surface area contributed by atoms with Gasteiger partial charge in [0.1, 0.15) is 12.5 Å². The third kappa shape index (κ3) is 7.17. The number of anilines is 1. The summed E-state index contributed by atoms with van der Waals surface area (Å²) in [6.07, 6.45) is 1.45. The van der Waals surface area contributed by atoms with Crippen LogP contribution < -0.4 is 20.2 Å². The van der Waals surface area contributed by atoms with Crippen molar-refractivity contribution < 1.29 is 19.1 Å². The number of carbonyl (C=O) groups is 2. The smallest absolute Gasteiger partial charge is 0.252 e. The van der Waals surface area contributed by atoms with Crippen molar-refractivity contribution in [2.45, 2.75) is 20.5 Å². The molecule has 0 aliphatic heterocycles. The van der Waals surface area contributed by atoms with E-state index in [1.165, 1.54) is 13.1 Å². The molecule has 0 spiro atoms. The molecule has 0 heterocycles. The first kappa shape index (κ1) is 26.4. The van der Waals surface area contributed by atoms with Gasteiger partial charge >= 0.3 is 0 Å². The van der Waals surface area contributed by atoms with Crippen LogP contribution in [0.15, 0.2) is 76.3 Å². The summed E-state index contributed by atoms with van der Waals surface area (Å²) in [6.45, 7) is 4.00. The van der Waals surface area contributed by atoms with E-state index in [9.17, 15) is 14.9 Å². The van der Waals surface area contributed by atoms with Gasteiger partial charge in [-0.25, -0.2) is 5.43 Å². The number of rotatable bonds is 10. The predicted octanol–water partition coefficient (Wildman–Crippen LogP) is 5.02.